The molecule has 0 atom stereocenters. The van der Waals surface area contributed by atoms with Gasteiger partial charge in [0.25, 0.3) is 0 Å². The molecular formula is C5H4N2OS. The van der Waals surface area contributed by atoms with Crippen LogP contribution in [-0.2, 0) is 4.79 Å². The summed E-state index contributed by atoms with van der Waals surface area (Å²) in [7, 11) is 0. The van der Waals surface area contributed by atoms with Gasteiger partial charge in [-0.25, -0.2) is 9.78 Å². The molecule has 0 aliphatic heterocycles. The summed E-state index contributed by atoms with van der Waals surface area (Å²) in [5.74, 6) is 0.451. The lowest BCUT2D eigenvalue weighted by molar-refractivity contribution is 0.565. The lowest BCUT2D eigenvalue weighted by Crippen LogP contribution is -1.63. The highest BCUT2D eigenvalue weighted by Crippen LogP contribution is 2.14. The Morgan fingerprint density at radius 1 is 1.89 bits per heavy atom. The van der Waals surface area contributed by atoms with Crippen LogP contribution < -0.4 is 0 Å². The maximum atomic E-state index is 9.66. The molecule has 4 heteroatoms. The summed E-state index contributed by atoms with van der Waals surface area (Å²) in [6.07, 6.45) is 1.42. The zero-order valence-electron chi connectivity index (χ0n) is 4.79. The second-order valence-corrected chi connectivity index (χ2v) is 2.49. The predicted octanol–water partition coefficient (Wildman–Crippen LogP) is 1.42. The quantitative estimate of drug-likeness (QED) is 0.437. The lowest BCUT2D eigenvalue weighted by atomic mass is 10.8. The van der Waals surface area contributed by atoms with E-state index in [2.05, 4.69) is 9.98 Å². The van der Waals surface area contributed by atoms with E-state index in [0.717, 1.165) is 5.01 Å². The van der Waals surface area contributed by atoms with Gasteiger partial charge in [0, 0.05) is 5.38 Å². The molecule has 1 aromatic heterocycles. The first-order chi connectivity index (χ1) is 4.33. The average Bonchev–Trinajstić information content (AvgIpc) is 2.17. The Kier molecular flexibility index (Phi) is 1.72. The third-order valence-electron chi connectivity index (χ3n) is 0.767. The van der Waals surface area contributed by atoms with Gasteiger partial charge in [-0.3, -0.25) is 0 Å². The van der Waals surface area contributed by atoms with Crippen molar-refractivity contribution in [1.82, 2.24) is 4.98 Å². The Labute approximate surface area is 56.1 Å². The molecule has 1 heterocycles. The van der Waals surface area contributed by atoms with Crippen LogP contribution in [0.3, 0.4) is 0 Å². The van der Waals surface area contributed by atoms with Gasteiger partial charge in [0.05, 0.1) is 5.01 Å². The van der Waals surface area contributed by atoms with Gasteiger partial charge in [-0.1, -0.05) is 0 Å². The highest BCUT2D eigenvalue weighted by atomic mass is 32.1. The van der Waals surface area contributed by atoms with E-state index in [-0.39, 0.29) is 0 Å². The topological polar surface area (TPSA) is 42.3 Å². The smallest absolute Gasteiger partial charge is 0.222 e. The summed E-state index contributed by atoms with van der Waals surface area (Å²) in [6, 6.07) is 0. The van der Waals surface area contributed by atoms with Crippen molar-refractivity contribution in [3.8, 4) is 0 Å². The van der Waals surface area contributed by atoms with Gasteiger partial charge in [-0.15, -0.1) is 16.3 Å². The number of aliphatic imine (C=N–C) groups is 1. The standard InChI is InChI=1S/C5H4N2OS/c1-4-7-5(2-9-4)6-3-8/h2H,1H3. The minimum Gasteiger partial charge on any atom is -0.222 e. The molecule has 1 rings (SSSR count). The van der Waals surface area contributed by atoms with Gasteiger partial charge in [0.15, 0.2) is 5.82 Å². The number of nitrogens with zero attached hydrogens (tertiary/aromatic N) is 2. The molecule has 0 bridgehead atoms. The Balaban J connectivity index is 2.97. The van der Waals surface area contributed by atoms with Crippen LogP contribution in [-0.4, -0.2) is 11.1 Å². The predicted molar refractivity (Wildman–Crippen MR) is 34.6 cm³/mol. The monoisotopic (exact) mass is 140 g/mol. The second-order valence-electron chi connectivity index (χ2n) is 1.43. The Morgan fingerprint density at radius 3 is 3.11 bits per heavy atom. The normalized spacial score (nSPS) is 8.56. The van der Waals surface area contributed by atoms with Crippen LogP contribution in [0.2, 0.25) is 0 Å². The van der Waals surface area contributed by atoms with E-state index < -0.39 is 0 Å². The van der Waals surface area contributed by atoms with Crippen LogP contribution in [0.5, 0.6) is 0 Å². The maximum Gasteiger partial charge on any atom is 0.242 e. The van der Waals surface area contributed by atoms with Gasteiger partial charge in [0.2, 0.25) is 6.08 Å². The molecule has 0 fully saturated rings. The molecule has 1 aromatic rings. The highest BCUT2D eigenvalue weighted by Gasteiger charge is 1.91. The van der Waals surface area contributed by atoms with Crippen LogP contribution in [0.4, 0.5) is 5.82 Å². The SMILES string of the molecule is Cc1nc(N=C=O)cs1. The van der Waals surface area contributed by atoms with E-state index >= 15 is 0 Å². The first kappa shape index (κ1) is 6.13. The van der Waals surface area contributed by atoms with Crippen molar-refractivity contribution < 1.29 is 4.79 Å². The molecule has 0 aliphatic carbocycles. The number of rotatable bonds is 1. The van der Waals surface area contributed by atoms with Crippen molar-refractivity contribution in [3.63, 3.8) is 0 Å². The molecule has 9 heavy (non-hydrogen) atoms. The summed E-state index contributed by atoms with van der Waals surface area (Å²) in [5, 5.41) is 2.62. The van der Waals surface area contributed by atoms with Crippen LogP contribution in [0.1, 0.15) is 5.01 Å². The molecule has 0 radical (unpaired) electrons. The van der Waals surface area contributed by atoms with Crippen molar-refractivity contribution in [2.75, 3.05) is 0 Å². The van der Waals surface area contributed by atoms with Crippen molar-refractivity contribution in [1.29, 1.82) is 0 Å². The molecule has 0 aromatic carbocycles. The number of hydrogen-bond donors (Lipinski definition) is 0. The molecule has 46 valence electrons. The highest BCUT2D eigenvalue weighted by molar-refractivity contribution is 7.09. The van der Waals surface area contributed by atoms with E-state index in [0.29, 0.717) is 5.82 Å². The summed E-state index contributed by atoms with van der Waals surface area (Å²) in [5.41, 5.74) is 0. The Hall–Kier alpha value is -0.990. The Morgan fingerprint density at radius 2 is 2.67 bits per heavy atom. The molecule has 0 saturated heterocycles. The number of isocyanates is 1. The van der Waals surface area contributed by atoms with Gasteiger partial charge >= 0.3 is 0 Å². The van der Waals surface area contributed by atoms with Crippen molar-refractivity contribution >= 4 is 23.2 Å². The molecule has 0 amide bonds. The largest absolute Gasteiger partial charge is 0.242 e. The fourth-order valence-corrected chi connectivity index (χ4v) is 0.978. The molecule has 0 saturated carbocycles. The van der Waals surface area contributed by atoms with E-state index in [9.17, 15) is 4.79 Å². The van der Waals surface area contributed by atoms with Crippen molar-refractivity contribution in [2.45, 2.75) is 6.92 Å². The van der Waals surface area contributed by atoms with Gasteiger partial charge in [0.1, 0.15) is 0 Å². The lowest BCUT2D eigenvalue weighted by Gasteiger charge is -1.72. The fraction of sp³-hybridized carbons (Fsp3) is 0.200. The average molecular weight is 140 g/mol. The zero-order valence-corrected chi connectivity index (χ0v) is 5.60. The third kappa shape index (κ3) is 1.45. The Bertz CT molecular complexity index is 249. The van der Waals surface area contributed by atoms with E-state index in [1.54, 1.807) is 5.38 Å². The summed E-state index contributed by atoms with van der Waals surface area (Å²) in [6.45, 7) is 1.86. The summed E-state index contributed by atoms with van der Waals surface area (Å²) >= 11 is 1.46. The number of thiazole rings is 1. The van der Waals surface area contributed by atoms with Crippen LogP contribution in [0.15, 0.2) is 10.4 Å². The van der Waals surface area contributed by atoms with Crippen LogP contribution in [0, 0.1) is 6.92 Å². The molecule has 3 nitrogen and oxygen atoms in total. The third-order valence-corrected chi connectivity index (χ3v) is 1.53. The van der Waals surface area contributed by atoms with Gasteiger partial charge < -0.3 is 0 Å². The van der Waals surface area contributed by atoms with Crippen LogP contribution in [0.25, 0.3) is 0 Å². The molecule has 0 spiro atoms. The van der Waals surface area contributed by atoms with E-state index in [4.69, 9.17) is 0 Å². The zero-order chi connectivity index (χ0) is 6.69. The summed E-state index contributed by atoms with van der Waals surface area (Å²) < 4.78 is 0. The maximum absolute atomic E-state index is 9.66. The minimum atomic E-state index is 0.451. The van der Waals surface area contributed by atoms with Crippen molar-refractivity contribution in [2.24, 2.45) is 4.99 Å². The van der Waals surface area contributed by atoms with Crippen LogP contribution >= 0.6 is 11.3 Å². The summed E-state index contributed by atoms with van der Waals surface area (Å²) in [4.78, 5) is 16.9. The van der Waals surface area contributed by atoms with Gasteiger partial charge in [-0.05, 0) is 6.92 Å². The first-order valence-corrected chi connectivity index (χ1v) is 3.21. The van der Waals surface area contributed by atoms with E-state index in [1.165, 1.54) is 17.4 Å². The number of hydrogen-bond acceptors (Lipinski definition) is 4. The van der Waals surface area contributed by atoms with Crippen molar-refractivity contribution in [3.05, 3.63) is 10.4 Å². The number of carbonyl (C=O) groups excluding carboxylic acids is 1. The van der Waals surface area contributed by atoms with E-state index in [1.807, 2.05) is 6.92 Å². The van der Waals surface area contributed by atoms with Gasteiger partial charge in [-0.2, -0.15) is 0 Å². The fourth-order valence-electron chi connectivity index (χ4n) is 0.450. The number of aromatic nitrogens is 1. The number of aryl methyl sites for hydroxylation is 1. The molecule has 0 unspecified atom stereocenters. The molecule has 0 N–H and O–H groups in total. The minimum absolute atomic E-state index is 0.451. The second kappa shape index (κ2) is 2.53. The molecular weight excluding hydrogens is 136 g/mol. The first-order valence-electron chi connectivity index (χ1n) is 2.33. The molecule has 0 aliphatic rings.